The van der Waals surface area contributed by atoms with E-state index in [1.165, 1.54) is 28.4 Å². The van der Waals surface area contributed by atoms with Crippen LogP contribution < -0.4 is 5.32 Å². The van der Waals surface area contributed by atoms with Crippen LogP contribution in [0, 0.1) is 6.92 Å². The summed E-state index contributed by atoms with van der Waals surface area (Å²) >= 11 is 1.26. The van der Waals surface area contributed by atoms with Gasteiger partial charge in [0.1, 0.15) is 6.54 Å². The second-order valence-electron chi connectivity index (χ2n) is 6.35. The van der Waals surface area contributed by atoms with Crippen molar-refractivity contribution >= 4 is 28.3 Å². The summed E-state index contributed by atoms with van der Waals surface area (Å²) in [5.41, 5.74) is -0.223. The normalized spacial score (nSPS) is 11.3. The van der Waals surface area contributed by atoms with Crippen LogP contribution in [0.1, 0.15) is 47.8 Å². The smallest absolute Gasteiger partial charge is 0.329 e. The Morgan fingerprint density at radius 3 is 2.61 bits per heavy atom. The first-order valence-electron chi connectivity index (χ1n) is 8.89. The van der Waals surface area contributed by atoms with E-state index in [4.69, 9.17) is 0 Å². The Kier molecular flexibility index (Phi) is 7.56. The lowest BCUT2D eigenvalue weighted by molar-refractivity contribution is -0.137. The predicted octanol–water partition coefficient (Wildman–Crippen LogP) is 4.74. The number of rotatable bonds is 8. The van der Waals surface area contributed by atoms with Crippen LogP contribution in [0.3, 0.4) is 0 Å². The Bertz CT molecular complexity index is 821. The van der Waals surface area contributed by atoms with Gasteiger partial charge in [-0.2, -0.15) is 13.2 Å². The number of benzene rings is 1. The molecule has 0 aliphatic carbocycles. The van der Waals surface area contributed by atoms with Crippen molar-refractivity contribution in [2.45, 2.75) is 39.3 Å². The molecule has 0 saturated carbocycles. The quantitative estimate of drug-likeness (QED) is 0.636. The molecule has 1 aromatic carbocycles. The molecule has 0 aliphatic heterocycles. The fourth-order valence-corrected chi connectivity index (χ4v) is 3.26. The first-order valence-corrected chi connectivity index (χ1v) is 9.77. The van der Waals surface area contributed by atoms with E-state index in [0.717, 1.165) is 30.7 Å². The molecule has 0 aliphatic rings. The van der Waals surface area contributed by atoms with Gasteiger partial charge in [0.15, 0.2) is 5.13 Å². The van der Waals surface area contributed by atoms with Gasteiger partial charge >= 0.3 is 6.18 Å². The van der Waals surface area contributed by atoms with Crippen LogP contribution in [0.4, 0.5) is 18.3 Å². The minimum absolute atomic E-state index is 0.0933. The second kappa shape index (κ2) is 9.68. The average Bonchev–Trinajstić information content (AvgIpc) is 3.04. The summed E-state index contributed by atoms with van der Waals surface area (Å²) in [7, 11) is 0. The van der Waals surface area contributed by atoms with E-state index in [1.807, 2.05) is 6.92 Å². The molecule has 2 amide bonds. The fourth-order valence-electron chi connectivity index (χ4n) is 2.56. The predicted molar refractivity (Wildman–Crippen MR) is 102 cm³/mol. The summed E-state index contributed by atoms with van der Waals surface area (Å²) in [5, 5.41) is 4.82. The van der Waals surface area contributed by atoms with Crippen LogP contribution in [-0.4, -0.2) is 34.8 Å². The van der Waals surface area contributed by atoms with Gasteiger partial charge in [-0.05, 0) is 31.5 Å². The first kappa shape index (κ1) is 21.9. The molecule has 1 N–H and O–H groups in total. The number of amides is 2. The van der Waals surface area contributed by atoms with Gasteiger partial charge in [-0.15, -0.1) is 11.3 Å². The van der Waals surface area contributed by atoms with E-state index in [-0.39, 0.29) is 18.7 Å². The van der Waals surface area contributed by atoms with Gasteiger partial charge in [-0.25, -0.2) is 4.98 Å². The maximum Gasteiger partial charge on any atom is 0.416 e. The van der Waals surface area contributed by atoms with Gasteiger partial charge in [0.2, 0.25) is 5.91 Å². The van der Waals surface area contributed by atoms with Crippen LogP contribution in [0.5, 0.6) is 0 Å². The van der Waals surface area contributed by atoms with E-state index in [0.29, 0.717) is 11.6 Å². The Balaban J connectivity index is 2.14. The Labute approximate surface area is 165 Å². The summed E-state index contributed by atoms with van der Waals surface area (Å²) in [6.07, 6.45) is -2.12. The van der Waals surface area contributed by atoms with Crippen molar-refractivity contribution in [3.8, 4) is 0 Å². The molecule has 152 valence electrons. The maximum atomic E-state index is 12.9. The van der Waals surface area contributed by atoms with Crippen molar-refractivity contribution in [2.75, 3.05) is 18.4 Å². The standard InChI is InChI=1S/C19H22F3N3O2S/c1-3-4-5-9-25(11-16(26)24-18-23-13(2)12-28-18)17(27)14-7-6-8-15(10-14)19(20,21)22/h6-8,10,12H,3-5,9,11H2,1-2H3,(H,23,24,26). The van der Waals surface area contributed by atoms with E-state index < -0.39 is 23.6 Å². The number of aromatic nitrogens is 1. The van der Waals surface area contributed by atoms with Gasteiger partial charge < -0.3 is 10.2 Å². The third kappa shape index (κ3) is 6.33. The van der Waals surface area contributed by atoms with Crippen molar-refractivity contribution in [3.63, 3.8) is 0 Å². The molecule has 5 nitrogen and oxygen atoms in total. The van der Waals surface area contributed by atoms with E-state index in [1.54, 1.807) is 12.3 Å². The van der Waals surface area contributed by atoms with Gasteiger partial charge in [-0.1, -0.05) is 25.8 Å². The summed E-state index contributed by atoms with van der Waals surface area (Å²) < 4.78 is 38.8. The number of carbonyl (C=O) groups excluding carboxylic acids is 2. The zero-order valence-electron chi connectivity index (χ0n) is 15.7. The Hall–Kier alpha value is -2.42. The minimum Gasteiger partial charge on any atom is -0.329 e. The third-order valence-electron chi connectivity index (χ3n) is 3.96. The summed E-state index contributed by atoms with van der Waals surface area (Å²) in [4.78, 5) is 30.5. The Morgan fingerprint density at radius 1 is 1.25 bits per heavy atom. The first-order chi connectivity index (χ1) is 13.2. The monoisotopic (exact) mass is 413 g/mol. The molecule has 1 aromatic heterocycles. The highest BCUT2D eigenvalue weighted by Gasteiger charge is 2.31. The van der Waals surface area contributed by atoms with Gasteiger partial charge in [0.25, 0.3) is 5.91 Å². The molecule has 0 spiro atoms. The molecule has 2 aromatic rings. The lowest BCUT2D eigenvalue weighted by Gasteiger charge is -2.22. The molecule has 0 unspecified atom stereocenters. The van der Waals surface area contributed by atoms with Crippen LogP contribution in [0.2, 0.25) is 0 Å². The lowest BCUT2D eigenvalue weighted by Crippen LogP contribution is -2.38. The second-order valence-corrected chi connectivity index (χ2v) is 7.21. The summed E-state index contributed by atoms with van der Waals surface area (Å²) in [6.45, 7) is 3.82. The van der Waals surface area contributed by atoms with Crippen molar-refractivity contribution in [2.24, 2.45) is 0 Å². The van der Waals surface area contributed by atoms with Crippen molar-refractivity contribution in [1.29, 1.82) is 0 Å². The molecular weight excluding hydrogens is 391 g/mol. The molecule has 0 radical (unpaired) electrons. The van der Waals surface area contributed by atoms with Gasteiger partial charge in [-0.3, -0.25) is 9.59 Å². The van der Waals surface area contributed by atoms with E-state index in [2.05, 4.69) is 10.3 Å². The highest BCUT2D eigenvalue weighted by atomic mass is 32.1. The number of nitrogens with one attached hydrogen (secondary N) is 1. The average molecular weight is 413 g/mol. The van der Waals surface area contributed by atoms with Crippen LogP contribution in [0.15, 0.2) is 29.6 Å². The number of anilines is 1. The summed E-state index contributed by atoms with van der Waals surface area (Å²) in [5.74, 6) is -1.04. The van der Waals surface area contributed by atoms with Crippen molar-refractivity contribution in [3.05, 3.63) is 46.5 Å². The molecule has 0 fully saturated rings. The minimum atomic E-state index is -4.54. The number of aryl methyl sites for hydroxylation is 1. The zero-order chi connectivity index (χ0) is 20.7. The number of hydrogen-bond acceptors (Lipinski definition) is 4. The maximum absolute atomic E-state index is 12.9. The van der Waals surface area contributed by atoms with Crippen LogP contribution in [-0.2, 0) is 11.0 Å². The number of nitrogens with zero attached hydrogens (tertiary/aromatic N) is 2. The fraction of sp³-hybridized carbons (Fsp3) is 0.421. The molecule has 1 heterocycles. The molecule has 28 heavy (non-hydrogen) atoms. The molecule has 9 heteroatoms. The topological polar surface area (TPSA) is 62.3 Å². The van der Waals surface area contributed by atoms with Crippen molar-refractivity contribution < 1.29 is 22.8 Å². The number of halogens is 3. The highest BCUT2D eigenvalue weighted by Crippen LogP contribution is 2.29. The molecule has 0 saturated heterocycles. The third-order valence-corrected chi connectivity index (χ3v) is 4.83. The highest BCUT2D eigenvalue weighted by molar-refractivity contribution is 7.13. The molecule has 0 atom stereocenters. The largest absolute Gasteiger partial charge is 0.416 e. The number of unbranched alkanes of at least 4 members (excludes halogenated alkanes) is 2. The number of hydrogen-bond donors (Lipinski definition) is 1. The lowest BCUT2D eigenvalue weighted by atomic mass is 10.1. The van der Waals surface area contributed by atoms with Gasteiger partial charge in [0, 0.05) is 17.5 Å². The Morgan fingerprint density at radius 2 is 2.00 bits per heavy atom. The van der Waals surface area contributed by atoms with E-state index in [9.17, 15) is 22.8 Å². The van der Waals surface area contributed by atoms with Crippen LogP contribution in [0.25, 0.3) is 0 Å². The zero-order valence-corrected chi connectivity index (χ0v) is 16.5. The SMILES string of the molecule is CCCCCN(CC(=O)Nc1nc(C)cs1)C(=O)c1cccc(C(F)(F)F)c1. The van der Waals surface area contributed by atoms with E-state index >= 15 is 0 Å². The van der Waals surface area contributed by atoms with Crippen molar-refractivity contribution in [1.82, 2.24) is 9.88 Å². The van der Waals surface area contributed by atoms with Gasteiger partial charge in [0.05, 0.1) is 11.3 Å². The van der Waals surface area contributed by atoms with Crippen LogP contribution >= 0.6 is 11.3 Å². The molecule has 0 bridgehead atoms. The molecular formula is C19H22F3N3O2S. The summed E-state index contributed by atoms with van der Waals surface area (Å²) in [6, 6.07) is 4.25. The molecule has 2 rings (SSSR count). The number of carbonyl (C=O) groups is 2. The number of alkyl halides is 3. The number of thiazole rings is 1.